The van der Waals surface area contributed by atoms with Crippen molar-refractivity contribution in [2.45, 2.75) is 40.0 Å². The lowest BCUT2D eigenvalue weighted by Crippen LogP contribution is -1.97. The Hall–Kier alpha value is -0.790. The van der Waals surface area contributed by atoms with E-state index in [0.29, 0.717) is 5.92 Å². The summed E-state index contributed by atoms with van der Waals surface area (Å²) in [4.78, 5) is 4.19. The molecule has 0 atom stereocenters. The van der Waals surface area contributed by atoms with Crippen LogP contribution in [0.25, 0.3) is 0 Å². The van der Waals surface area contributed by atoms with Crippen LogP contribution in [0, 0.1) is 5.92 Å². The van der Waals surface area contributed by atoms with E-state index in [1.54, 1.807) is 6.39 Å². The van der Waals surface area contributed by atoms with Crippen molar-refractivity contribution in [1.82, 2.24) is 4.98 Å². The number of aromatic nitrogens is 1. The standard InChI is InChI=1S/C10H17NO/c1-4-5-9-10(6-8(2)3)12-7-11-9/h7-8H,4-6H2,1-3H3. The third kappa shape index (κ3) is 2.36. The first-order valence-corrected chi connectivity index (χ1v) is 4.65. The Morgan fingerprint density at radius 1 is 1.50 bits per heavy atom. The number of hydrogen-bond donors (Lipinski definition) is 0. The highest BCUT2D eigenvalue weighted by molar-refractivity contribution is 5.07. The van der Waals surface area contributed by atoms with E-state index in [4.69, 9.17) is 4.42 Å². The van der Waals surface area contributed by atoms with Crippen molar-refractivity contribution in [1.29, 1.82) is 0 Å². The third-order valence-electron chi connectivity index (χ3n) is 1.81. The zero-order valence-corrected chi connectivity index (χ0v) is 8.13. The molecule has 0 fully saturated rings. The van der Waals surface area contributed by atoms with Gasteiger partial charge in [-0.15, -0.1) is 0 Å². The van der Waals surface area contributed by atoms with Gasteiger partial charge in [0, 0.05) is 6.42 Å². The average Bonchev–Trinajstić information content (AvgIpc) is 2.37. The molecule has 0 amide bonds. The maximum absolute atomic E-state index is 5.32. The minimum atomic E-state index is 0.647. The first kappa shape index (κ1) is 9.30. The van der Waals surface area contributed by atoms with Gasteiger partial charge in [-0.25, -0.2) is 4.98 Å². The zero-order chi connectivity index (χ0) is 8.97. The summed E-state index contributed by atoms with van der Waals surface area (Å²) in [7, 11) is 0. The maximum atomic E-state index is 5.32. The van der Waals surface area contributed by atoms with Crippen LogP contribution in [0.1, 0.15) is 38.6 Å². The van der Waals surface area contributed by atoms with Gasteiger partial charge in [0.15, 0.2) is 6.39 Å². The van der Waals surface area contributed by atoms with Gasteiger partial charge in [0.05, 0.1) is 5.69 Å². The quantitative estimate of drug-likeness (QED) is 0.689. The summed E-state index contributed by atoms with van der Waals surface area (Å²) in [5, 5.41) is 0. The molecule has 1 aromatic heterocycles. The van der Waals surface area contributed by atoms with Crippen LogP contribution in [0.4, 0.5) is 0 Å². The molecule has 12 heavy (non-hydrogen) atoms. The summed E-state index contributed by atoms with van der Waals surface area (Å²) >= 11 is 0. The summed E-state index contributed by atoms with van der Waals surface area (Å²) in [5.74, 6) is 1.72. The summed E-state index contributed by atoms with van der Waals surface area (Å²) in [6.45, 7) is 6.55. The number of aryl methyl sites for hydroxylation is 1. The summed E-state index contributed by atoms with van der Waals surface area (Å²) in [6.07, 6.45) is 4.74. The summed E-state index contributed by atoms with van der Waals surface area (Å²) in [6, 6.07) is 0. The van der Waals surface area contributed by atoms with Crippen molar-refractivity contribution in [3.8, 4) is 0 Å². The van der Waals surface area contributed by atoms with Gasteiger partial charge >= 0.3 is 0 Å². The Kier molecular flexibility index (Phi) is 3.32. The molecule has 0 N–H and O–H groups in total. The molecule has 0 unspecified atom stereocenters. The topological polar surface area (TPSA) is 26.0 Å². The molecule has 2 heteroatoms. The van der Waals surface area contributed by atoms with E-state index < -0.39 is 0 Å². The fourth-order valence-corrected chi connectivity index (χ4v) is 1.27. The van der Waals surface area contributed by atoms with Crippen LogP contribution < -0.4 is 0 Å². The molecular formula is C10H17NO. The molecule has 0 bridgehead atoms. The number of oxazole rings is 1. The second-order valence-electron chi connectivity index (χ2n) is 3.57. The molecule has 0 saturated carbocycles. The Morgan fingerprint density at radius 3 is 2.83 bits per heavy atom. The van der Waals surface area contributed by atoms with Crippen molar-refractivity contribution >= 4 is 0 Å². The van der Waals surface area contributed by atoms with Crippen LogP contribution >= 0.6 is 0 Å². The minimum Gasteiger partial charge on any atom is -0.448 e. The molecule has 0 spiro atoms. The van der Waals surface area contributed by atoms with Crippen LogP contribution in [-0.4, -0.2) is 4.98 Å². The highest BCUT2D eigenvalue weighted by Crippen LogP contribution is 2.13. The van der Waals surface area contributed by atoms with Gasteiger partial charge in [0.2, 0.25) is 0 Å². The van der Waals surface area contributed by atoms with E-state index >= 15 is 0 Å². The van der Waals surface area contributed by atoms with Gasteiger partial charge in [0.1, 0.15) is 5.76 Å². The smallest absolute Gasteiger partial charge is 0.181 e. The Bertz CT molecular complexity index is 227. The molecule has 0 aliphatic rings. The first-order valence-electron chi connectivity index (χ1n) is 4.65. The Balaban J connectivity index is 2.63. The van der Waals surface area contributed by atoms with E-state index in [9.17, 15) is 0 Å². The van der Waals surface area contributed by atoms with Crippen molar-refractivity contribution in [3.05, 3.63) is 17.8 Å². The number of rotatable bonds is 4. The molecule has 2 nitrogen and oxygen atoms in total. The molecule has 1 rings (SSSR count). The fourth-order valence-electron chi connectivity index (χ4n) is 1.27. The summed E-state index contributed by atoms with van der Waals surface area (Å²) in [5.41, 5.74) is 1.14. The van der Waals surface area contributed by atoms with Crippen molar-refractivity contribution in [3.63, 3.8) is 0 Å². The van der Waals surface area contributed by atoms with Gasteiger partial charge < -0.3 is 4.42 Å². The highest BCUT2D eigenvalue weighted by atomic mass is 16.3. The van der Waals surface area contributed by atoms with Crippen molar-refractivity contribution in [2.24, 2.45) is 5.92 Å². The minimum absolute atomic E-state index is 0.647. The molecule has 0 aliphatic heterocycles. The van der Waals surface area contributed by atoms with Crippen LogP contribution in [0.3, 0.4) is 0 Å². The highest BCUT2D eigenvalue weighted by Gasteiger charge is 2.08. The second-order valence-corrected chi connectivity index (χ2v) is 3.57. The van der Waals surface area contributed by atoms with Crippen molar-refractivity contribution in [2.75, 3.05) is 0 Å². The Morgan fingerprint density at radius 2 is 2.25 bits per heavy atom. The van der Waals surface area contributed by atoms with E-state index in [1.807, 2.05) is 0 Å². The molecule has 1 heterocycles. The van der Waals surface area contributed by atoms with Gasteiger partial charge in [-0.05, 0) is 12.3 Å². The SMILES string of the molecule is CCCc1ncoc1CC(C)C. The van der Waals surface area contributed by atoms with Crippen LogP contribution in [0.2, 0.25) is 0 Å². The lowest BCUT2D eigenvalue weighted by molar-refractivity contribution is 0.465. The van der Waals surface area contributed by atoms with Gasteiger partial charge in [0.25, 0.3) is 0 Å². The van der Waals surface area contributed by atoms with Gasteiger partial charge in [-0.2, -0.15) is 0 Å². The Labute approximate surface area is 74.0 Å². The molecule has 68 valence electrons. The van der Waals surface area contributed by atoms with Gasteiger partial charge in [-0.3, -0.25) is 0 Å². The van der Waals surface area contributed by atoms with E-state index in [0.717, 1.165) is 30.7 Å². The molecule has 0 saturated heterocycles. The van der Waals surface area contributed by atoms with Crippen molar-refractivity contribution < 1.29 is 4.42 Å². The van der Waals surface area contributed by atoms with Crippen LogP contribution in [0.5, 0.6) is 0 Å². The van der Waals surface area contributed by atoms with E-state index in [1.165, 1.54) is 0 Å². The van der Waals surface area contributed by atoms with Crippen LogP contribution in [-0.2, 0) is 12.8 Å². The second kappa shape index (κ2) is 4.29. The molecular weight excluding hydrogens is 150 g/mol. The largest absolute Gasteiger partial charge is 0.448 e. The van der Waals surface area contributed by atoms with Gasteiger partial charge in [-0.1, -0.05) is 27.2 Å². The monoisotopic (exact) mass is 167 g/mol. The number of hydrogen-bond acceptors (Lipinski definition) is 2. The predicted octanol–water partition coefficient (Wildman–Crippen LogP) is 2.83. The predicted molar refractivity (Wildman–Crippen MR) is 49.0 cm³/mol. The average molecular weight is 167 g/mol. The molecule has 0 aliphatic carbocycles. The zero-order valence-electron chi connectivity index (χ0n) is 8.13. The number of nitrogens with zero attached hydrogens (tertiary/aromatic N) is 1. The summed E-state index contributed by atoms with van der Waals surface area (Å²) < 4.78 is 5.32. The molecule has 0 radical (unpaired) electrons. The van der Waals surface area contributed by atoms with E-state index in [2.05, 4.69) is 25.8 Å². The normalized spacial score (nSPS) is 11.0. The lowest BCUT2D eigenvalue weighted by Gasteiger charge is -2.02. The fraction of sp³-hybridized carbons (Fsp3) is 0.700. The molecule has 1 aromatic rings. The third-order valence-corrected chi connectivity index (χ3v) is 1.81. The van der Waals surface area contributed by atoms with Crippen LogP contribution in [0.15, 0.2) is 10.8 Å². The first-order chi connectivity index (χ1) is 5.74. The van der Waals surface area contributed by atoms with E-state index in [-0.39, 0.29) is 0 Å². The maximum Gasteiger partial charge on any atom is 0.181 e. The molecule has 0 aromatic carbocycles. The lowest BCUT2D eigenvalue weighted by atomic mass is 10.1.